The highest BCUT2D eigenvalue weighted by atomic mass is 16.5. The average Bonchev–Trinajstić information content (AvgIpc) is 3.08. The number of carbonyl (C=O) groups is 1. The molecule has 1 fully saturated rings. The van der Waals surface area contributed by atoms with Crippen molar-refractivity contribution in [2.75, 3.05) is 40.9 Å². The number of carbonyl (C=O) groups excluding carboxylic acids is 1. The minimum Gasteiger partial charge on any atom is -0.493 e. The van der Waals surface area contributed by atoms with Gasteiger partial charge < -0.3 is 25.4 Å². The van der Waals surface area contributed by atoms with Crippen LogP contribution in [0.3, 0.4) is 0 Å². The number of nitrogens with zero attached hydrogens (tertiary/aromatic N) is 1. The van der Waals surface area contributed by atoms with Gasteiger partial charge in [0.2, 0.25) is 5.91 Å². The quantitative estimate of drug-likeness (QED) is 0.708. The second kappa shape index (κ2) is 9.63. The summed E-state index contributed by atoms with van der Waals surface area (Å²) in [4.78, 5) is 14.5. The standard InChI is InChI=1S/C19H31N3O3/c1-22(2)9-10-25-17-8-7-14(11-18(17)24-3)13-21-19(23)16-6-4-5-15(16)12-20/h7-8,11,15-16H,4-6,9-10,12-13,20H2,1-3H3,(H,21,23)/t15-,16-/m1/s1. The predicted octanol–water partition coefficient (Wildman–Crippen LogP) is 1.63. The molecule has 0 radical (unpaired) electrons. The molecule has 1 aromatic rings. The lowest BCUT2D eigenvalue weighted by molar-refractivity contribution is -0.126. The number of hydrogen-bond donors (Lipinski definition) is 2. The molecule has 6 heteroatoms. The van der Waals surface area contributed by atoms with Gasteiger partial charge in [-0.2, -0.15) is 0 Å². The van der Waals surface area contributed by atoms with E-state index in [1.165, 1.54) is 0 Å². The first-order valence-electron chi connectivity index (χ1n) is 8.97. The van der Waals surface area contributed by atoms with Crippen molar-refractivity contribution in [3.8, 4) is 11.5 Å². The van der Waals surface area contributed by atoms with E-state index in [0.717, 1.165) is 37.1 Å². The lowest BCUT2D eigenvalue weighted by Crippen LogP contribution is -2.34. The number of likely N-dealkylation sites (N-methyl/N-ethyl adjacent to an activating group) is 1. The molecule has 0 spiro atoms. The minimum atomic E-state index is 0.0561. The fraction of sp³-hybridized carbons (Fsp3) is 0.632. The Labute approximate surface area is 150 Å². The fourth-order valence-corrected chi connectivity index (χ4v) is 3.26. The molecule has 0 bridgehead atoms. The maximum Gasteiger partial charge on any atom is 0.223 e. The monoisotopic (exact) mass is 349 g/mol. The van der Waals surface area contributed by atoms with E-state index < -0.39 is 0 Å². The molecule has 2 rings (SSSR count). The summed E-state index contributed by atoms with van der Waals surface area (Å²) in [5.41, 5.74) is 6.76. The molecule has 0 aliphatic heterocycles. The molecule has 140 valence electrons. The van der Waals surface area contributed by atoms with Crippen molar-refractivity contribution in [1.29, 1.82) is 0 Å². The highest BCUT2D eigenvalue weighted by Gasteiger charge is 2.31. The van der Waals surface area contributed by atoms with Crippen LogP contribution < -0.4 is 20.5 Å². The van der Waals surface area contributed by atoms with Gasteiger partial charge in [0.25, 0.3) is 0 Å². The van der Waals surface area contributed by atoms with E-state index in [0.29, 0.717) is 31.4 Å². The SMILES string of the molecule is COc1cc(CNC(=O)[C@@H]2CCC[C@@H]2CN)ccc1OCCN(C)C. The molecule has 0 unspecified atom stereocenters. The van der Waals surface area contributed by atoms with Gasteiger partial charge in [-0.05, 0) is 57.1 Å². The molecule has 1 aliphatic carbocycles. The maximum atomic E-state index is 12.4. The van der Waals surface area contributed by atoms with E-state index >= 15 is 0 Å². The molecule has 0 saturated heterocycles. The van der Waals surface area contributed by atoms with Gasteiger partial charge in [-0.3, -0.25) is 4.79 Å². The van der Waals surface area contributed by atoms with Crippen LogP contribution in [0, 0.1) is 11.8 Å². The van der Waals surface area contributed by atoms with Crippen LogP contribution in [0.2, 0.25) is 0 Å². The average molecular weight is 349 g/mol. The lowest BCUT2D eigenvalue weighted by Gasteiger charge is -2.18. The Balaban J connectivity index is 1.90. The van der Waals surface area contributed by atoms with Crippen molar-refractivity contribution in [3.05, 3.63) is 23.8 Å². The molecule has 1 aromatic carbocycles. The second-order valence-electron chi connectivity index (χ2n) is 6.89. The molecule has 2 atom stereocenters. The van der Waals surface area contributed by atoms with Crippen molar-refractivity contribution in [1.82, 2.24) is 10.2 Å². The molecule has 25 heavy (non-hydrogen) atoms. The Hall–Kier alpha value is -1.79. The lowest BCUT2D eigenvalue weighted by atomic mass is 9.95. The Morgan fingerprint density at radius 1 is 1.32 bits per heavy atom. The van der Waals surface area contributed by atoms with Crippen LogP contribution in [0.1, 0.15) is 24.8 Å². The summed E-state index contributed by atoms with van der Waals surface area (Å²) in [5, 5.41) is 3.04. The van der Waals surface area contributed by atoms with Gasteiger partial charge >= 0.3 is 0 Å². The number of nitrogens with two attached hydrogens (primary N) is 1. The zero-order chi connectivity index (χ0) is 18.2. The number of amides is 1. The largest absolute Gasteiger partial charge is 0.493 e. The smallest absolute Gasteiger partial charge is 0.223 e. The third kappa shape index (κ3) is 5.61. The van der Waals surface area contributed by atoms with E-state index in [2.05, 4.69) is 10.2 Å². The highest BCUT2D eigenvalue weighted by Crippen LogP contribution is 2.31. The summed E-state index contributed by atoms with van der Waals surface area (Å²) in [5.74, 6) is 1.89. The number of ether oxygens (including phenoxy) is 2. The first-order chi connectivity index (χ1) is 12.0. The number of methoxy groups -OCH3 is 1. The zero-order valence-electron chi connectivity index (χ0n) is 15.6. The molecule has 1 saturated carbocycles. The fourth-order valence-electron chi connectivity index (χ4n) is 3.26. The highest BCUT2D eigenvalue weighted by molar-refractivity contribution is 5.79. The summed E-state index contributed by atoms with van der Waals surface area (Å²) in [6, 6.07) is 5.78. The van der Waals surface area contributed by atoms with E-state index in [4.69, 9.17) is 15.2 Å². The first-order valence-corrected chi connectivity index (χ1v) is 8.97. The van der Waals surface area contributed by atoms with Gasteiger partial charge in [0.1, 0.15) is 6.61 Å². The Bertz CT molecular complexity index is 563. The van der Waals surface area contributed by atoms with Crippen LogP contribution in [0.25, 0.3) is 0 Å². The molecule has 3 N–H and O–H groups in total. The third-order valence-corrected chi connectivity index (χ3v) is 4.79. The molecule has 1 aliphatic rings. The van der Waals surface area contributed by atoms with Gasteiger partial charge in [-0.15, -0.1) is 0 Å². The van der Waals surface area contributed by atoms with Crippen LogP contribution in [-0.4, -0.2) is 51.7 Å². The third-order valence-electron chi connectivity index (χ3n) is 4.79. The minimum absolute atomic E-state index is 0.0561. The van der Waals surface area contributed by atoms with E-state index in [1.807, 2.05) is 32.3 Å². The Kier molecular flexibility index (Phi) is 7.52. The van der Waals surface area contributed by atoms with E-state index in [9.17, 15) is 4.79 Å². The number of benzene rings is 1. The van der Waals surface area contributed by atoms with Crippen LogP contribution in [0.4, 0.5) is 0 Å². The molecule has 0 heterocycles. The second-order valence-corrected chi connectivity index (χ2v) is 6.89. The molecule has 6 nitrogen and oxygen atoms in total. The van der Waals surface area contributed by atoms with Crippen LogP contribution in [0.5, 0.6) is 11.5 Å². The van der Waals surface area contributed by atoms with Crippen LogP contribution >= 0.6 is 0 Å². The van der Waals surface area contributed by atoms with Crippen LogP contribution in [0.15, 0.2) is 18.2 Å². The van der Waals surface area contributed by atoms with Gasteiger partial charge in [-0.1, -0.05) is 12.5 Å². The maximum absolute atomic E-state index is 12.4. The van der Waals surface area contributed by atoms with Gasteiger partial charge in [0.15, 0.2) is 11.5 Å². The number of rotatable bonds is 9. The predicted molar refractivity (Wildman–Crippen MR) is 98.8 cm³/mol. The molecule has 1 amide bonds. The van der Waals surface area contributed by atoms with Gasteiger partial charge in [0.05, 0.1) is 7.11 Å². The number of hydrogen-bond acceptors (Lipinski definition) is 5. The van der Waals surface area contributed by atoms with Gasteiger partial charge in [0, 0.05) is 19.0 Å². The zero-order valence-corrected chi connectivity index (χ0v) is 15.6. The summed E-state index contributed by atoms with van der Waals surface area (Å²) >= 11 is 0. The molecular formula is C19H31N3O3. The van der Waals surface area contributed by atoms with Crippen LogP contribution in [-0.2, 0) is 11.3 Å². The normalized spacial score (nSPS) is 19.9. The topological polar surface area (TPSA) is 76.8 Å². The molecule has 0 aromatic heterocycles. The van der Waals surface area contributed by atoms with Crippen molar-refractivity contribution >= 4 is 5.91 Å². The molecular weight excluding hydrogens is 318 g/mol. The van der Waals surface area contributed by atoms with Crippen molar-refractivity contribution in [2.45, 2.75) is 25.8 Å². The summed E-state index contributed by atoms with van der Waals surface area (Å²) in [6.45, 7) is 2.51. The summed E-state index contributed by atoms with van der Waals surface area (Å²) < 4.78 is 11.2. The number of nitrogens with one attached hydrogen (secondary N) is 1. The summed E-state index contributed by atoms with van der Waals surface area (Å²) in [7, 11) is 5.64. The van der Waals surface area contributed by atoms with Crippen molar-refractivity contribution < 1.29 is 14.3 Å². The van der Waals surface area contributed by atoms with E-state index in [-0.39, 0.29) is 11.8 Å². The van der Waals surface area contributed by atoms with E-state index in [1.54, 1.807) is 7.11 Å². The first kappa shape index (κ1) is 19.5. The Morgan fingerprint density at radius 2 is 2.12 bits per heavy atom. The van der Waals surface area contributed by atoms with Crippen molar-refractivity contribution in [3.63, 3.8) is 0 Å². The Morgan fingerprint density at radius 3 is 2.80 bits per heavy atom. The summed E-state index contributed by atoms with van der Waals surface area (Å²) in [6.07, 6.45) is 3.09. The van der Waals surface area contributed by atoms with Crippen molar-refractivity contribution in [2.24, 2.45) is 17.6 Å². The van der Waals surface area contributed by atoms with Gasteiger partial charge in [-0.25, -0.2) is 0 Å².